The van der Waals surface area contributed by atoms with Crippen LogP contribution in [0.1, 0.15) is 35.2 Å². The fraction of sp³-hybridized carbons (Fsp3) is 0.500. The molecule has 1 fully saturated rings. The summed E-state index contributed by atoms with van der Waals surface area (Å²) in [5, 5.41) is 22.1. The summed E-state index contributed by atoms with van der Waals surface area (Å²) >= 11 is 0. The van der Waals surface area contributed by atoms with Crippen molar-refractivity contribution in [3.05, 3.63) is 29.3 Å². The molecule has 0 aromatic heterocycles. The highest BCUT2D eigenvalue weighted by Crippen LogP contribution is 2.30. The second kappa shape index (κ2) is 7.03. The first-order chi connectivity index (χ1) is 11.8. The number of para-hydroxylation sites is 1. The molecule has 134 valence electrons. The monoisotopic (exact) mass is 347 g/mol. The molecule has 1 aliphatic carbocycles. The van der Waals surface area contributed by atoms with Crippen molar-refractivity contribution in [1.29, 1.82) is 0 Å². The number of rotatable bonds is 4. The van der Waals surface area contributed by atoms with E-state index >= 15 is 0 Å². The Hall–Kier alpha value is -2.10. The minimum Gasteiger partial charge on any atom is -0.534 e. The zero-order chi connectivity index (χ0) is 18.1. The molecular formula is C16H22BN3O5. The third-order valence-corrected chi connectivity index (χ3v) is 4.93. The Bertz CT molecular complexity index is 676. The van der Waals surface area contributed by atoms with Gasteiger partial charge in [-0.05, 0) is 36.8 Å². The van der Waals surface area contributed by atoms with Crippen molar-refractivity contribution in [3.63, 3.8) is 0 Å². The molecule has 0 spiro atoms. The van der Waals surface area contributed by atoms with E-state index in [1.165, 1.54) is 6.07 Å². The van der Waals surface area contributed by atoms with E-state index in [1.807, 2.05) is 0 Å². The van der Waals surface area contributed by atoms with E-state index in [0.29, 0.717) is 31.2 Å². The molecule has 0 saturated heterocycles. The fourth-order valence-electron chi connectivity index (χ4n) is 3.63. The quantitative estimate of drug-likeness (QED) is 0.451. The molecule has 25 heavy (non-hydrogen) atoms. The van der Waals surface area contributed by atoms with Crippen LogP contribution in [0.5, 0.6) is 5.75 Å². The van der Waals surface area contributed by atoms with Gasteiger partial charge in [0.1, 0.15) is 5.75 Å². The molecule has 1 aromatic rings. The van der Waals surface area contributed by atoms with Crippen LogP contribution in [0.4, 0.5) is 0 Å². The fourth-order valence-corrected chi connectivity index (χ4v) is 3.63. The zero-order valence-electron chi connectivity index (χ0n) is 13.7. The number of amides is 1. The van der Waals surface area contributed by atoms with Gasteiger partial charge in [-0.3, -0.25) is 4.79 Å². The number of aromatic carboxylic acids is 1. The highest BCUT2D eigenvalue weighted by Gasteiger charge is 2.38. The van der Waals surface area contributed by atoms with Crippen molar-refractivity contribution in [1.82, 2.24) is 5.32 Å². The Kier molecular flexibility index (Phi) is 4.98. The zero-order valence-corrected chi connectivity index (χ0v) is 13.7. The van der Waals surface area contributed by atoms with Crippen molar-refractivity contribution in [2.24, 2.45) is 17.4 Å². The lowest BCUT2D eigenvalue weighted by Crippen LogP contribution is -2.53. The number of carbonyl (C=O) groups is 2. The molecule has 0 radical (unpaired) electrons. The maximum absolute atomic E-state index is 12.3. The largest absolute Gasteiger partial charge is 0.547 e. The van der Waals surface area contributed by atoms with Crippen molar-refractivity contribution in [3.8, 4) is 5.75 Å². The molecule has 1 heterocycles. The van der Waals surface area contributed by atoms with Crippen LogP contribution in [-0.2, 0) is 11.2 Å². The summed E-state index contributed by atoms with van der Waals surface area (Å²) in [5.74, 6) is -1.66. The second-order valence-corrected chi connectivity index (χ2v) is 6.85. The van der Waals surface area contributed by atoms with E-state index in [2.05, 4.69) is 5.32 Å². The minimum absolute atomic E-state index is 0.00439. The molecule has 1 aromatic carbocycles. The molecule has 8 nitrogen and oxygen atoms in total. The lowest BCUT2D eigenvalue weighted by atomic mass is 9.72. The first kappa shape index (κ1) is 17.7. The molecular weight excluding hydrogens is 325 g/mol. The Morgan fingerprint density at radius 2 is 1.96 bits per heavy atom. The Morgan fingerprint density at radius 1 is 1.28 bits per heavy atom. The SMILES string of the molecule is NC1CC(CC(=O)NC2Cc3cccc(C(=O)O)c3OB2O)CC1N. The molecule has 1 saturated carbocycles. The number of carboxylic acids is 1. The van der Waals surface area contributed by atoms with Gasteiger partial charge in [0.15, 0.2) is 0 Å². The normalized spacial score (nSPS) is 28.2. The van der Waals surface area contributed by atoms with Gasteiger partial charge in [-0.2, -0.15) is 0 Å². The van der Waals surface area contributed by atoms with Crippen molar-refractivity contribution in [2.75, 3.05) is 0 Å². The lowest BCUT2D eigenvalue weighted by Gasteiger charge is -2.29. The predicted molar refractivity (Wildman–Crippen MR) is 90.9 cm³/mol. The Morgan fingerprint density at radius 3 is 2.60 bits per heavy atom. The lowest BCUT2D eigenvalue weighted by molar-refractivity contribution is -0.122. The summed E-state index contributed by atoms with van der Waals surface area (Å²) in [6.45, 7) is 0. The minimum atomic E-state index is -1.30. The molecule has 3 unspecified atom stereocenters. The molecule has 1 amide bonds. The smallest absolute Gasteiger partial charge is 0.534 e. The van der Waals surface area contributed by atoms with Gasteiger partial charge in [-0.25, -0.2) is 4.79 Å². The summed E-state index contributed by atoms with van der Waals surface area (Å²) in [6, 6.07) is 4.59. The van der Waals surface area contributed by atoms with Gasteiger partial charge in [0.05, 0.1) is 11.5 Å². The highest BCUT2D eigenvalue weighted by molar-refractivity contribution is 6.47. The number of carboxylic acid groups (broad SMARTS) is 1. The number of benzene rings is 1. The topological polar surface area (TPSA) is 148 Å². The Labute approximate surface area is 145 Å². The van der Waals surface area contributed by atoms with E-state index in [9.17, 15) is 19.7 Å². The highest BCUT2D eigenvalue weighted by atomic mass is 16.5. The average molecular weight is 347 g/mol. The van der Waals surface area contributed by atoms with Crippen molar-refractivity contribution >= 4 is 19.0 Å². The van der Waals surface area contributed by atoms with Gasteiger partial charge in [-0.15, -0.1) is 0 Å². The summed E-state index contributed by atoms with van der Waals surface area (Å²) in [6.07, 6.45) is 2.02. The van der Waals surface area contributed by atoms with Crippen LogP contribution >= 0.6 is 0 Å². The van der Waals surface area contributed by atoms with Crippen LogP contribution in [0.3, 0.4) is 0 Å². The molecule has 7 N–H and O–H groups in total. The van der Waals surface area contributed by atoms with Crippen LogP contribution < -0.4 is 21.4 Å². The van der Waals surface area contributed by atoms with Crippen molar-refractivity contribution < 1.29 is 24.4 Å². The third-order valence-electron chi connectivity index (χ3n) is 4.93. The molecule has 0 bridgehead atoms. The van der Waals surface area contributed by atoms with E-state index in [-0.39, 0.29) is 35.2 Å². The average Bonchev–Trinajstić information content (AvgIpc) is 2.85. The summed E-state index contributed by atoms with van der Waals surface area (Å²) < 4.78 is 5.36. The first-order valence-electron chi connectivity index (χ1n) is 8.35. The summed E-state index contributed by atoms with van der Waals surface area (Å²) in [5.41, 5.74) is 12.4. The number of fused-ring (bicyclic) bond motifs is 1. The van der Waals surface area contributed by atoms with Crippen molar-refractivity contribution in [2.45, 2.75) is 43.7 Å². The van der Waals surface area contributed by atoms with Crippen LogP contribution in [0.15, 0.2) is 18.2 Å². The molecule has 3 rings (SSSR count). The summed E-state index contributed by atoms with van der Waals surface area (Å²) in [7, 11) is -1.30. The number of nitrogens with one attached hydrogen (secondary N) is 1. The van der Waals surface area contributed by atoms with Crippen LogP contribution in [0.25, 0.3) is 0 Å². The van der Waals surface area contributed by atoms with E-state index in [4.69, 9.17) is 16.1 Å². The maximum Gasteiger partial charge on any atom is 0.547 e. The van der Waals surface area contributed by atoms with E-state index < -0.39 is 19.0 Å². The van der Waals surface area contributed by atoms with E-state index in [1.54, 1.807) is 12.1 Å². The molecule has 9 heteroatoms. The molecule has 3 atom stereocenters. The molecule has 2 aliphatic rings. The van der Waals surface area contributed by atoms with Gasteiger partial charge < -0.3 is 31.6 Å². The van der Waals surface area contributed by atoms with Crippen LogP contribution in [0, 0.1) is 5.92 Å². The standard InChI is InChI=1S/C16H22BN3O5/c18-11-4-8(5-12(11)19)6-14(21)20-13-7-9-2-1-3-10(16(22)23)15(9)25-17(13)24/h1-3,8,11-13,24H,4-7,18-19H2,(H,20,21)(H,22,23). The number of hydrogen-bond acceptors (Lipinski definition) is 6. The van der Waals surface area contributed by atoms with Gasteiger partial charge >= 0.3 is 13.1 Å². The van der Waals surface area contributed by atoms with E-state index in [0.717, 1.165) is 0 Å². The number of nitrogens with two attached hydrogens (primary N) is 2. The number of hydrogen-bond donors (Lipinski definition) is 5. The Balaban J connectivity index is 1.63. The third kappa shape index (κ3) is 3.78. The summed E-state index contributed by atoms with van der Waals surface area (Å²) in [4.78, 5) is 23.5. The van der Waals surface area contributed by atoms with Gasteiger partial charge in [0.2, 0.25) is 5.91 Å². The van der Waals surface area contributed by atoms with Crippen LogP contribution in [-0.4, -0.2) is 47.2 Å². The number of carbonyl (C=O) groups excluding carboxylic acids is 1. The second-order valence-electron chi connectivity index (χ2n) is 6.85. The van der Waals surface area contributed by atoms with Gasteiger partial charge in [0, 0.05) is 18.5 Å². The predicted octanol–water partition coefficient (Wildman–Crippen LogP) is -0.721. The van der Waals surface area contributed by atoms with Gasteiger partial charge in [0.25, 0.3) is 0 Å². The van der Waals surface area contributed by atoms with Gasteiger partial charge in [-0.1, -0.05) is 12.1 Å². The molecule has 1 aliphatic heterocycles. The van der Waals surface area contributed by atoms with Crippen LogP contribution in [0.2, 0.25) is 0 Å². The first-order valence-corrected chi connectivity index (χ1v) is 8.35. The maximum atomic E-state index is 12.3.